The summed E-state index contributed by atoms with van der Waals surface area (Å²) in [5.74, 6) is -0.141. The zero-order chi connectivity index (χ0) is 13.9. The fraction of sp³-hybridized carbons (Fsp3) is 0. The minimum Gasteiger partial charge on any atom is -0.402 e. The predicted molar refractivity (Wildman–Crippen MR) is 77.9 cm³/mol. The Morgan fingerprint density at radius 2 is 1.70 bits per heavy atom. The molecule has 0 radical (unpaired) electrons. The lowest BCUT2D eigenvalue weighted by Gasteiger charge is -1.99. The van der Waals surface area contributed by atoms with Crippen LogP contribution in [0.4, 0.5) is 5.69 Å². The number of benzene rings is 2. The van der Waals surface area contributed by atoms with Crippen LogP contribution in [0, 0.1) is 0 Å². The second-order valence-electron chi connectivity index (χ2n) is 4.37. The van der Waals surface area contributed by atoms with Gasteiger partial charge in [-0.25, -0.2) is 9.79 Å². The summed E-state index contributed by atoms with van der Waals surface area (Å²) in [4.78, 5) is 16.0. The first-order valence-corrected chi connectivity index (χ1v) is 6.16. The number of anilines is 1. The monoisotopic (exact) mass is 264 g/mol. The number of hydrogen-bond donors (Lipinski definition) is 1. The third-order valence-corrected chi connectivity index (χ3v) is 2.88. The molecule has 98 valence electrons. The number of aliphatic imine (C=N–C) groups is 1. The maximum absolute atomic E-state index is 11.8. The lowest BCUT2D eigenvalue weighted by atomic mass is 10.2. The van der Waals surface area contributed by atoms with Gasteiger partial charge in [-0.15, -0.1) is 0 Å². The van der Waals surface area contributed by atoms with Crippen molar-refractivity contribution in [3.05, 3.63) is 71.4 Å². The summed E-state index contributed by atoms with van der Waals surface area (Å²) in [6, 6.07) is 16.5. The fourth-order valence-corrected chi connectivity index (χ4v) is 1.87. The molecule has 0 spiro atoms. The molecule has 3 rings (SSSR count). The summed E-state index contributed by atoms with van der Waals surface area (Å²) in [7, 11) is 0. The van der Waals surface area contributed by atoms with Gasteiger partial charge in [-0.1, -0.05) is 30.3 Å². The third-order valence-electron chi connectivity index (χ3n) is 2.88. The van der Waals surface area contributed by atoms with Crippen LogP contribution in [-0.2, 0) is 9.53 Å². The number of esters is 1. The minimum absolute atomic E-state index is 0.294. The highest BCUT2D eigenvalue weighted by atomic mass is 16.6. The van der Waals surface area contributed by atoms with Gasteiger partial charge in [0.15, 0.2) is 5.70 Å². The van der Waals surface area contributed by atoms with E-state index in [9.17, 15) is 4.79 Å². The molecule has 1 heterocycles. The Balaban J connectivity index is 1.93. The molecule has 0 aromatic heterocycles. The Kier molecular flexibility index (Phi) is 3.05. The van der Waals surface area contributed by atoms with E-state index in [0.717, 1.165) is 11.1 Å². The summed E-state index contributed by atoms with van der Waals surface area (Å²) < 4.78 is 5.17. The highest BCUT2D eigenvalue weighted by Gasteiger charge is 2.23. The molecule has 0 saturated carbocycles. The number of carbonyl (C=O) groups is 1. The quantitative estimate of drug-likeness (QED) is 0.515. The molecule has 0 amide bonds. The van der Waals surface area contributed by atoms with E-state index in [4.69, 9.17) is 10.5 Å². The second kappa shape index (κ2) is 5.01. The van der Waals surface area contributed by atoms with Crippen molar-refractivity contribution in [2.45, 2.75) is 0 Å². The summed E-state index contributed by atoms with van der Waals surface area (Å²) in [5, 5.41) is 0. The van der Waals surface area contributed by atoms with Crippen molar-refractivity contribution >= 4 is 23.6 Å². The first-order chi connectivity index (χ1) is 9.72. The third kappa shape index (κ3) is 2.44. The van der Waals surface area contributed by atoms with Gasteiger partial charge < -0.3 is 10.5 Å². The zero-order valence-electron chi connectivity index (χ0n) is 10.6. The Bertz CT molecular complexity index is 701. The van der Waals surface area contributed by atoms with Crippen LogP contribution in [-0.4, -0.2) is 11.9 Å². The number of carbonyl (C=O) groups excluding carboxylic acids is 1. The Labute approximate surface area is 116 Å². The van der Waals surface area contributed by atoms with Crippen LogP contribution in [0.25, 0.3) is 6.08 Å². The standard InChI is InChI=1S/C16H12N2O2/c17-13-8-6-12(7-9-13)15-18-14(16(19)20-15)10-11-4-2-1-3-5-11/h1-10H,17H2. The Morgan fingerprint density at radius 3 is 2.40 bits per heavy atom. The van der Waals surface area contributed by atoms with E-state index >= 15 is 0 Å². The van der Waals surface area contributed by atoms with E-state index in [0.29, 0.717) is 17.3 Å². The molecule has 0 atom stereocenters. The van der Waals surface area contributed by atoms with Gasteiger partial charge in [0, 0.05) is 11.3 Å². The Hall–Kier alpha value is -2.88. The first-order valence-electron chi connectivity index (χ1n) is 6.16. The van der Waals surface area contributed by atoms with Gasteiger partial charge >= 0.3 is 5.97 Å². The molecule has 2 aromatic carbocycles. The average Bonchev–Trinajstić information content (AvgIpc) is 2.82. The molecule has 4 nitrogen and oxygen atoms in total. The second-order valence-corrected chi connectivity index (χ2v) is 4.37. The molecule has 2 aromatic rings. The van der Waals surface area contributed by atoms with E-state index in [1.165, 1.54) is 0 Å². The van der Waals surface area contributed by atoms with Gasteiger partial charge in [-0.05, 0) is 35.9 Å². The maximum atomic E-state index is 11.8. The summed E-state index contributed by atoms with van der Waals surface area (Å²) >= 11 is 0. The number of cyclic esters (lactones) is 1. The van der Waals surface area contributed by atoms with Crippen LogP contribution in [0.1, 0.15) is 11.1 Å². The van der Waals surface area contributed by atoms with E-state index in [2.05, 4.69) is 4.99 Å². The number of rotatable bonds is 2. The highest BCUT2D eigenvalue weighted by Crippen LogP contribution is 2.19. The molecule has 4 heteroatoms. The molecular weight excluding hydrogens is 252 g/mol. The van der Waals surface area contributed by atoms with E-state index in [1.54, 1.807) is 30.3 Å². The van der Waals surface area contributed by atoms with Crippen LogP contribution < -0.4 is 5.73 Å². The molecule has 0 fully saturated rings. The smallest absolute Gasteiger partial charge is 0.363 e. The average molecular weight is 264 g/mol. The molecule has 1 aliphatic heterocycles. The van der Waals surface area contributed by atoms with Crippen LogP contribution in [0.3, 0.4) is 0 Å². The van der Waals surface area contributed by atoms with Gasteiger partial charge in [-0.3, -0.25) is 0 Å². The molecule has 0 unspecified atom stereocenters. The van der Waals surface area contributed by atoms with E-state index in [-0.39, 0.29) is 0 Å². The van der Waals surface area contributed by atoms with Crippen molar-refractivity contribution in [1.82, 2.24) is 0 Å². The van der Waals surface area contributed by atoms with Gasteiger partial charge in [0.1, 0.15) is 0 Å². The van der Waals surface area contributed by atoms with Gasteiger partial charge in [0.25, 0.3) is 0 Å². The molecule has 0 aliphatic carbocycles. The molecule has 1 aliphatic rings. The first kappa shape index (κ1) is 12.2. The number of ether oxygens (including phenoxy) is 1. The molecular formula is C16H12N2O2. The maximum Gasteiger partial charge on any atom is 0.363 e. The largest absolute Gasteiger partial charge is 0.402 e. The number of hydrogen-bond acceptors (Lipinski definition) is 4. The highest BCUT2D eigenvalue weighted by molar-refractivity contribution is 6.12. The van der Waals surface area contributed by atoms with Crippen LogP contribution in [0.2, 0.25) is 0 Å². The lowest BCUT2D eigenvalue weighted by molar-refractivity contribution is -0.129. The summed E-state index contributed by atoms with van der Waals surface area (Å²) in [6.45, 7) is 0. The van der Waals surface area contributed by atoms with Crippen molar-refractivity contribution < 1.29 is 9.53 Å². The molecule has 0 saturated heterocycles. The minimum atomic E-state index is -0.444. The van der Waals surface area contributed by atoms with Crippen molar-refractivity contribution in [2.75, 3.05) is 5.73 Å². The van der Waals surface area contributed by atoms with Crippen molar-refractivity contribution in [3.8, 4) is 0 Å². The van der Waals surface area contributed by atoms with Crippen molar-refractivity contribution in [3.63, 3.8) is 0 Å². The van der Waals surface area contributed by atoms with Gasteiger partial charge in [0.05, 0.1) is 0 Å². The van der Waals surface area contributed by atoms with Crippen molar-refractivity contribution in [2.24, 2.45) is 4.99 Å². The topological polar surface area (TPSA) is 64.7 Å². The van der Waals surface area contributed by atoms with E-state index < -0.39 is 5.97 Å². The zero-order valence-corrected chi connectivity index (χ0v) is 10.6. The Morgan fingerprint density at radius 1 is 1.00 bits per heavy atom. The number of nitrogen functional groups attached to an aromatic ring is 1. The van der Waals surface area contributed by atoms with Crippen molar-refractivity contribution in [1.29, 1.82) is 0 Å². The summed E-state index contributed by atoms with van der Waals surface area (Å²) in [6.07, 6.45) is 1.70. The molecule has 2 N–H and O–H groups in total. The number of nitrogens with two attached hydrogens (primary N) is 1. The predicted octanol–water partition coefficient (Wildman–Crippen LogP) is 2.61. The SMILES string of the molecule is Nc1ccc(C2=NC(=Cc3ccccc3)C(=O)O2)cc1. The van der Waals surface area contributed by atoms with Crippen LogP contribution in [0.15, 0.2) is 65.3 Å². The van der Waals surface area contributed by atoms with Crippen LogP contribution >= 0.6 is 0 Å². The molecule has 20 heavy (non-hydrogen) atoms. The van der Waals surface area contributed by atoms with Crippen LogP contribution in [0.5, 0.6) is 0 Å². The normalized spacial score (nSPS) is 16.1. The lowest BCUT2D eigenvalue weighted by Crippen LogP contribution is -2.05. The number of nitrogens with zero attached hydrogens (tertiary/aromatic N) is 1. The summed E-state index contributed by atoms with van der Waals surface area (Å²) in [5.41, 5.74) is 8.20. The molecule has 0 bridgehead atoms. The van der Waals surface area contributed by atoms with Gasteiger partial charge in [0.2, 0.25) is 5.90 Å². The van der Waals surface area contributed by atoms with Gasteiger partial charge in [-0.2, -0.15) is 0 Å². The van der Waals surface area contributed by atoms with E-state index in [1.807, 2.05) is 30.3 Å². The fourth-order valence-electron chi connectivity index (χ4n) is 1.87.